The Bertz CT molecular complexity index is 585. The van der Waals surface area contributed by atoms with Crippen LogP contribution in [0.2, 0.25) is 0 Å². The Morgan fingerprint density at radius 2 is 2.30 bits per heavy atom. The number of carbonyl (C=O) groups is 1. The highest BCUT2D eigenvalue weighted by Crippen LogP contribution is 2.30. The summed E-state index contributed by atoms with van der Waals surface area (Å²) in [7, 11) is 0. The summed E-state index contributed by atoms with van der Waals surface area (Å²) in [5.41, 5.74) is -0.573. The number of hydrogen-bond acceptors (Lipinski definition) is 6. The largest absolute Gasteiger partial charge is 0.444 e. The molecule has 1 aromatic heterocycles. The van der Waals surface area contributed by atoms with E-state index in [2.05, 4.69) is 10.3 Å². The van der Waals surface area contributed by atoms with E-state index in [1.54, 1.807) is 33.0 Å². The standard InChI is InChI=1S/C15H22N4O4/c1-15(2,3)23-14(20)17-10-11-6-5-9-18(11)13-12(19(21)22)7-4-8-16-13/h4,7-8,11H,5-6,9-10H2,1-3H3,(H,17,20)/t11-/m1/s1. The van der Waals surface area contributed by atoms with Crippen molar-refractivity contribution in [3.8, 4) is 0 Å². The lowest BCUT2D eigenvalue weighted by molar-refractivity contribution is -0.384. The summed E-state index contributed by atoms with van der Waals surface area (Å²) in [5, 5.41) is 13.9. The molecule has 1 aromatic rings. The first-order chi connectivity index (χ1) is 10.8. The minimum absolute atomic E-state index is 0.0170. The van der Waals surface area contributed by atoms with E-state index >= 15 is 0 Å². The van der Waals surface area contributed by atoms with Crippen molar-refractivity contribution < 1.29 is 14.5 Å². The van der Waals surface area contributed by atoms with Crippen molar-refractivity contribution in [1.82, 2.24) is 10.3 Å². The molecule has 23 heavy (non-hydrogen) atoms. The van der Waals surface area contributed by atoms with Gasteiger partial charge in [0.15, 0.2) is 0 Å². The second-order valence-corrected chi connectivity index (χ2v) is 6.48. The van der Waals surface area contributed by atoms with Crippen LogP contribution >= 0.6 is 0 Å². The van der Waals surface area contributed by atoms with Crippen molar-refractivity contribution in [3.63, 3.8) is 0 Å². The van der Waals surface area contributed by atoms with Gasteiger partial charge in [0.05, 0.1) is 4.92 Å². The number of aromatic nitrogens is 1. The van der Waals surface area contributed by atoms with Gasteiger partial charge in [0.25, 0.3) is 0 Å². The maximum atomic E-state index is 11.8. The zero-order valence-corrected chi connectivity index (χ0v) is 13.6. The van der Waals surface area contributed by atoms with E-state index in [9.17, 15) is 14.9 Å². The quantitative estimate of drug-likeness (QED) is 0.675. The van der Waals surface area contributed by atoms with Crippen LogP contribution in [0.5, 0.6) is 0 Å². The number of amides is 1. The van der Waals surface area contributed by atoms with Gasteiger partial charge in [-0.05, 0) is 39.7 Å². The molecule has 0 bridgehead atoms. The van der Waals surface area contributed by atoms with Gasteiger partial charge in [-0.2, -0.15) is 0 Å². The van der Waals surface area contributed by atoms with Crippen LogP contribution in [0.15, 0.2) is 18.3 Å². The topological polar surface area (TPSA) is 97.6 Å². The first-order valence-electron chi connectivity index (χ1n) is 7.61. The van der Waals surface area contributed by atoms with Crippen LogP contribution in [0.3, 0.4) is 0 Å². The monoisotopic (exact) mass is 322 g/mol. The molecule has 0 unspecified atom stereocenters. The smallest absolute Gasteiger partial charge is 0.407 e. The van der Waals surface area contributed by atoms with Gasteiger partial charge in [-0.3, -0.25) is 10.1 Å². The number of carbonyl (C=O) groups excluding carboxylic acids is 1. The fourth-order valence-electron chi connectivity index (χ4n) is 2.59. The zero-order valence-electron chi connectivity index (χ0n) is 13.6. The van der Waals surface area contributed by atoms with E-state index in [1.165, 1.54) is 6.07 Å². The van der Waals surface area contributed by atoms with Crippen molar-refractivity contribution in [3.05, 3.63) is 28.4 Å². The van der Waals surface area contributed by atoms with Gasteiger partial charge in [-0.15, -0.1) is 0 Å². The third-order valence-electron chi connectivity index (χ3n) is 3.49. The molecule has 1 aliphatic heterocycles. The fourth-order valence-corrected chi connectivity index (χ4v) is 2.59. The highest BCUT2D eigenvalue weighted by molar-refractivity contribution is 5.68. The third-order valence-corrected chi connectivity index (χ3v) is 3.49. The van der Waals surface area contributed by atoms with Gasteiger partial charge in [-0.25, -0.2) is 9.78 Å². The molecule has 0 saturated carbocycles. The van der Waals surface area contributed by atoms with Gasteiger partial charge in [0.1, 0.15) is 5.60 Å². The van der Waals surface area contributed by atoms with Crippen molar-refractivity contribution in [1.29, 1.82) is 0 Å². The van der Waals surface area contributed by atoms with E-state index in [4.69, 9.17) is 4.74 Å². The lowest BCUT2D eigenvalue weighted by atomic mass is 10.2. The summed E-state index contributed by atoms with van der Waals surface area (Å²) in [4.78, 5) is 28.5. The van der Waals surface area contributed by atoms with Crippen molar-refractivity contribution in [2.75, 3.05) is 18.0 Å². The molecular formula is C15H22N4O4. The molecule has 1 N–H and O–H groups in total. The predicted molar refractivity (Wildman–Crippen MR) is 85.5 cm³/mol. The van der Waals surface area contributed by atoms with E-state index in [0.29, 0.717) is 18.9 Å². The first-order valence-corrected chi connectivity index (χ1v) is 7.61. The second-order valence-electron chi connectivity index (χ2n) is 6.48. The number of nitrogens with one attached hydrogen (secondary N) is 1. The van der Waals surface area contributed by atoms with E-state index in [-0.39, 0.29) is 11.7 Å². The molecule has 126 valence electrons. The number of hydrogen-bond donors (Lipinski definition) is 1. The van der Waals surface area contributed by atoms with Crippen molar-refractivity contribution in [2.45, 2.75) is 45.3 Å². The van der Waals surface area contributed by atoms with Gasteiger partial charge in [0, 0.05) is 31.4 Å². The van der Waals surface area contributed by atoms with Gasteiger partial charge in [0.2, 0.25) is 5.82 Å². The third kappa shape index (κ3) is 4.54. The average molecular weight is 322 g/mol. The summed E-state index contributed by atoms with van der Waals surface area (Å²) in [6.45, 7) is 6.43. The fraction of sp³-hybridized carbons (Fsp3) is 0.600. The lowest BCUT2D eigenvalue weighted by Gasteiger charge is -2.26. The highest BCUT2D eigenvalue weighted by atomic mass is 16.6. The Balaban J connectivity index is 2.04. The number of nitro groups is 1. The highest BCUT2D eigenvalue weighted by Gasteiger charge is 2.31. The number of alkyl carbamates (subject to hydrolysis) is 1. The van der Waals surface area contributed by atoms with Gasteiger partial charge >= 0.3 is 11.8 Å². The normalized spacial score (nSPS) is 17.9. The average Bonchev–Trinajstić information content (AvgIpc) is 2.91. The lowest BCUT2D eigenvalue weighted by Crippen LogP contribution is -2.42. The zero-order chi connectivity index (χ0) is 17.0. The Morgan fingerprint density at radius 3 is 2.96 bits per heavy atom. The van der Waals surface area contributed by atoms with Crippen LogP contribution in [-0.4, -0.2) is 40.7 Å². The molecule has 1 amide bonds. The molecule has 0 spiro atoms. The van der Waals surface area contributed by atoms with Crippen LogP contribution in [0, 0.1) is 10.1 Å². The molecule has 0 aromatic carbocycles. The Labute approximate surface area is 135 Å². The molecule has 2 rings (SSSR count). The number of rotatable bonds is 4. The number of nitrogens with zero attached hydrogens (tertiary/aromatic N) is 3. The van der Waals surface area contributed by atoms with Crippen LogP contribution in [0.4, 0.5) is 16.3 Å². The Hall–Kier alpha value is -2.38. The molecule has 1 fully saturated rings. The minimum Gasteiger partial charge on any atom is -0.444 e. The Morgan fingerprint density at radius 1 is 1.57 bits per heavy atom. The van der Waals surface area contributed by atoms with Crippen molar-refractivity contribution >= 4 is 17.6 Å². The molecule has 0 aliphatic carbocycles. The molecule has 8 nitrogen and oxygen atoms in total. The maximum absolute atomic E-state index is 11.8. The number of anilines is 1. The molecule has 1 atom stereocenters. The van der Waals surface area contributed by atoms with E-state index in [0.717, 1.165) is 12.8 Å². The van der Waals surface area contributed by atoms with Gasteiger partial charge < -0.3 is 15.0 Å². The van der Waals surface area contributed by atoms with E-state index in [1.807, 2.05) is 4.90 Å². The predicted octanol–water partition coefficient (Wildman–Crippen LogP) is 2.48. The maximum Gasteiger partial charge on any atom is 0.407 e. The van der Waals surface area contributed by atoms with Crippen LogP contribution in [0.25, 0.3) is 0 Å². The SMILES string of the molecule is CC(C)(C)OC(=O)NC[C@H]1CCCN1c1ncccc1[N+](=O)[O-]. The van der Waals surface area contributed by atoms with Crippen LogP contribution in [-0.2, 0) is 4.74 Å². The summed E-state index contributed by atoms with van der Waals surface area (Å²) >= 11 is 0. The Kier molecular flexibility index (Phi) is 5.02. The first kappa shape index (κ1) is 17.0. The molecule has 1 aliphatic rings. The van der Waals surface area contributed by atoms with E-state index < -0.39 is 16.6 Å². The summed E-state index contributed by atoms with van der Waals surface area (Å²) < 4.78 is 5.21. The van der Waals surface area contributed by atoms with Crippen LogP contribution < -0.4 is 10.2 Å². The number of pyridine rings is 1. The van der Waals surface area contributed by atoms with Gasteiger partial charge in [-0.1, -0.05) is 0 Å². The minimum atomic E-state index is -0.556. The molecule has 8 heteroatoms. The molecular weight excluding hydrogens is 300 g/mol. The molecule has 0 radical (unpaired) electrons. The summed E-state index contributed by atoms with van der Waals surface area (Å²) in [6, 6.07) is 2.96. The summed E-state index contributed by atoms with van der Waals surface area (Å²) in [6.07, 6.45) is 2.79. The van der Waals surface area contributed by atoms with Crippen molar-refractivity contribution in [2.24, 2.45) is 0 Å². The van der Waals surface area contributed by atoms with Crippen LogP contribution in [0.1, 0.15) is 33.6 Å². The number of ether oxygens (including phenoxy) is 1. The molecule has 1 saturated heterocycles. The molecule has 2 heterocycles. The summed E-state index contributed by atoms with van der Waals surface area (Å²) in [5.74, 6) is 0.353. The second kappa shape index (κ2) is 6.80.